The molecular formula is C18H34NO8PW2-2. The van der Waals surface area contributed by atoms with E-state index in [-0.39, 0.29) is 79.3 Å². The minimum absolute atomic E-state index is 0. The normalized spacial score (nSPS) is 35.9. The van der Waals surface area contributed by atoms with Gasteiger partial charge >= 0.3 is 0 Å². The number of phosphoric acid groups is 1. The van der Waals surface area contributed by atoms with Crippen molar-refractivity contribution in [3.05, 3.63) is 6.61 Å². The molecule has 0 aromatic rings. The van der Waals surface area contributed by atoms with E-state index in [4.69, 9.17) is 33.7 Å². The Morgan fingerprint density at radius 2 is 1.80 bits per heavy atom. The van der Waals surface area contributed by atoms with E-state index in [1.165, 1.54) is 0 Å². The second-order valence-electron chi connectivity index (χ2n) is 8.13. The van der Waals surface area contributed by atoms with Gasteiger partial charge in [-0.05, 0) is 54.1 Å². The van der Waals surface area contributed by atoms with Crippen molar-refractivity contribution in [3.8, 4) is 0 Å². The number of phosphoric ester groups is 1. The van der Waals surface area contributed by atoms with Gasteiger partial charge in [-0.15, -0.1) is 0 Å². The fourth-order valence-corrected chi connectivity index (χ4v) is 4.24. The van der Waals surface area contributed by atoms with Gasteiger partial charge in [0.15, 0.2) is 5.72 Å². The molecule has 0 aliphatic carbocycles. The van der Waals surface area contributed by atoms with Gasteiger partial charge in [0.25, 0.3) is 0 Å². The van der Waals surface area contributed by atoms with Gasteiger partial charge in [0.1, 0.15) is 6.10 Å². The van der Waals surface area contributed by atoms with Gasteiger partial charge in [-0.2, -0.15) is 6.61 Å². The molecule has 2 heterocycles. The molecule has 0 amide bonds. The molecule has 0 bridgehead atoms. The van der Waals surface area contributed by atoms with Crippen LogP contribution in [0.4, 0.5) is 0 Å². The number of hydrogen-bond donors (Lipinski definition) is 1. The fourth-order valence-electron chi connectivity index (χ4n) is 3.35. The average Bonchev–Trinajstić information content (AvgIpc) is 3.02. The molecule has 0 aromatic carbocycles. The number of nitrogens with two attached hydrogens (primary N) is 1. The van der Waals surface area contributed by atoms with E-state index in [9.17, 15) is 9.46 Å². The smallest absolute Gasteiger partial charge is 0.237 e. The molecule has 0 aromatic heterocycles. The summed E-state index contributed by atoms with van der Waals surface area (Å²) in [6, 6.07) is 0. The second-order valence-corrected chi connectivity index (χ2v) is 9.45. The van der Waals surface area contributed by atoms with Crippen molar-refractivity contribution in [2.45, 2.75) is 103 Å². The average molecular weight is 791 g/mol. The van der Waals surface area contributed by atoms with Crippen LogP contribution in [-0.2, 0) is 74.7 Å². The van der Waals surface area contributed by atoms with E-state index < -0.39 is 25.8 Å². The zero-order chi connectivity index (χ0) is 21.1. The molecule has 2 fully saturated rings. The van der Waals surface area contributed by atoms with Crippen LogP contribution in [0.3, 0.4) is 0 Å². The zero-order valence-electron chi connectivity index (χ0n) is 18.3. The van der Waals surface area contributed by atoms with Crippen molar-refractivity contribution in [3.63, 3.8) is 0 Å². The van der Waals surface area contributed by atoms with Crippen molar-refractivity contribution in [1.82, 2.24) is 0 Å². The quantitative estimate of drug-likeness (QED) is 0.262. The molecule has 12 heteroatoms. The molecule has 30 heavy (non-hydrogen) atoms. The molecule has 2 unspecified atom stereocenters. The van der Waals surface area contributed by atoms with Crippen molar-refractivity contribution < 1.29 is 79.6 Å². The van der Waals surface area contributed by atoms with Crippen LogP contribution in [0.2, 0.25) is 0 Å². The molecule has 2 saturated heterocycles. The summed E-state index contributed by atoms with van der Waals surface area (Å²) in [7, 11) is -4.69. The third-order valence-electron chi connectivity index (χ3n) is 4.50. The largest absolute Gasteiger partial charge is 0.758 e. The van der Waals surface area contributed by atoms with Crippen LogP contribution in [0.5, 0.6) is 0 Å². The standard InChI is InChI=1S/C18H35NO8P.2W/c1-11(2)22-10-18(19)17(8-14(6)26-18)27-28(20,21)23-9-16-15(24-12(3)4)7-13(5)25-16;;/h9,11-17H,7-8,10,19H2,1-6H3,(H,20,21);;/q-1;;/p-1/t13-,14-,15?,16+,17+,18+;;/m0../s1. The minimum Gasteiger partial charge on any atom is -0.758 e. The van der Waals surface area contributed by atoms with Gasteiger partial charge in [0.2, 0.25) is 7.82 Å². The summed E-state index contributed by atoms with van der Waals surface area (Å²) in [6.07, 6.45) is -1.25. The molecule has 2 rings (SSSR count). The monoisotopic (exact) mass is 791 g/mol. The first kappa shape index (κ1) is 31.3. The summed E-state index contributed by atoms with van der Waals surface area (Å²) in [5.74, 6) is 0. The topological polar surface area (TPSA) is 122 Å². The Hall–Kier alpha value is 1.29. The third kappa shape index (κ3) is 9.65. The molecule has 178 valence electrons. The van der Waals surface area contributed by atoms with Crippen LogP contribution in [0.15, 0.2) is 0 Å². The van der Waals surface area contributed by atoms with Gasteiger partial charge in [0.05, 0.1) is 37.1 Å². The van der Waals surface area contributed by atoms with Crippen molar-refractivity contribution >= 4 is 7.82 Å². The first-order chi connectivity index (χ1) is 12.9. The number of ether oxygens (including phenoxy) is 4. The molecule has 9 nitrogen and oxygen atoms in total. The molecular weight excluding hydrogens is 757 g/mol. The summed E-state index contributed by atoms with van der Waals surface area (Å²) >= 11 is 0. The van der Waals surface area contributed by atoms with E-state index in [0.717, 1.165) is 6.61 Å². The van der Waals surface area contributed by atoms with Crippen molar-refractivity contribution in [1.29, 1.82) is 0 Å². The maximum atomic E-state index is 12.4. The summed E-state index contributed by atoms with van der Waals surface area (Å²) in [6.45, 7) is 12.3. The molecule has 0 saturated carbocycles. The maximum Gasteiger partial charge on any atom is 0.237 e. The van der Waals surface area contributed by atoms with Gasteiger partial charge in [0, 0.05) is 48.6 Å². The zero-order valence-corrected chi connectivity index (χ0v) is 25.1. The van der Waals surface area contributed by atoms with Gasteiger partial charge in [-0.1, -0.05) is 0 Å². The Morgan fingerprint density at radius 1 is 1.17 bits per heavy atom. The Balaban J connectivity index is 0.00000420. The summed E-state index contributed by atoms with van der Waals surface area (Å²) in [5.41, 5.74) is 4.85. The van der Waals surface area contributed by atoms with E-state index in [1.807, 2.05) is 34.6 Å². The van der Waals surface area contributed by atoms with E-state index in [0.29, 0.717) is 12.8 Å². The van der Waals surface area contributed by atoms with Gasteiger partial charge in [-0.3, -0.25) is 10.3 Å². The van der Waals surface area contributed by atoms with Crippen LogP contribution in [0.25, 0.3) is 0 Å². The third-order valence-corrected chi connectivity index (χ3v) is 5.39. The Kier molecular flexibility index (Phi) is 13.8. The van der Waals surface area contributed by atoms with Crippen LogP contribution >= 0.6 is 7.82 Å². The Morgan fingerprint density at radius 3 is 2.37 bits per heavy atom. The first-order valence-electron chi connectivity index (χ1n) is 9.80. The molecule has 0 spiro atoms. The maximum absolute atomic E-state index is 12.4. The van der Waals surface area contributed by atoms with E-state index in [1.54, 1.807) is 6.92 Å². The molecule has 2 aliphatic heterocycles. The summed E-state index contributed by atoms with van der Waals surface area (Å²) in [5, 5.41) is 0. The molecule has 0 radical (unpaired) electrons. The second kappa shape index (κ2) is 13.2. The van der Waals surface area contributed by atoms with Crippen molar-refractivity contribution in [2.24, 2.45) is 5.73 Å². The van der Waals surface area contributed by atoms with Gasteiger partial charge in [-0.25, -0.2) is 0 Å². The predicted octanol–water partition coefficient (Wildman–Crippen LogP) is 1.87. The molecule has 2 aliphatic rings. The van der Waals surface area contributed by atoms with Crippen molar-refractivity contribution in [2.75, 3.05) is 6.61 Å². The Labute approximate surface area is 208 Å². The SMILES string of the molecule is CC(C)OC[C@@]1(N)O[C@@H](C)C[C@H]1OP(=O)([O-])O[CH-][C@H]1O[C@@H](C)CC1OC(C)C.[W].[W]. The van der Waals surface area contributed by atoms with Crippen LogP contribution in [-0.4, -0.2) is 55.1 Å². The van der Waals surface area contributed by atoms with Crippen LogP contribution < -0.4 is 10.6 Å². The van der Waals surface area contributed by atoms with Crippen LogP contribution in [0, 0.1) is 6.61 Å². The van der Waals surface area contributed by atoms with E-state index in [2.05, 4.69) is 0 Å². The molecule has 2 N–H and O–H groups in total. The molecule has 7 atom stereocenters. The Bertz CT molecular complexity index is 558. The summed E-state index contributed by atoms with van der Waals surface area (Å²) < 4.78 is 45.2. The van der Waals surface area contributed by atoms with Crippen LogP contribution in [0.1, 0.15) is 54.4 Å². The van der Waals surface area contributed by atoms with Gasteiger partial charge < -0.3 is 32.9 Å². The number of hydrogen-bond acceptors (Lipinski definition) is 9. The summed E-state index contributed by atoms with van der Waals surface area (Å²) in [4.78, 5) is 12.4. The van der Waals surface area contributed by atoms with E-state index >= 15 is 0 Å². The first-order valence-corrected chi connectivity index (χ1v) is 11.3. The fraction of sp³-hybridized carbons (Fsp3) is 0.944. The number of rotatable bonds is 10. The minimum atomic E-state index is -4.69. The predicted molar refractivity (Wildman–Crippen MR) is 100.0 cm³/mol.